The number of nitrogens with one attached hydrogen (secondary N) is 6. The Balaban J connectivity index is 1.61. The van der Waals surface area contributed by atoms with Gasteiger partial charge in [-0.1, -0.05) is 116 Å². The molecule has 0 aliphatic rings. The van der Waals surface area contributed by atoms with Gasteiger partial charge < -0.3 is 46.1 Å². The number of hydrogen-bond donors (Lipinski definition) is 6. The van der Waals surface area contributed by atoms with Crippen LogP contribution in [0.3, 0.4) is 0 Å². The second-order valence-electron chi connectivity index (χ2n) is 15.8. The summed E-state index contributed by atoms with van der Waals surface area (Å²) in [6.45, 7) is 12.5. The molecular formula is C48H65N9O12. The Labute approximate surface area is 402 Å². The predicted molar refractivity (Wildman–Crippen MR) is 257 cm³/mol. The zero-order valence-corrected chi connectivity index (χ0v) is 40.4. The minimum absolute atomic E-state index is 0.0805. The minimum atomic E-state index is -1.17. The summed E-state index contributed by atoms with van der Waals surface area (Å²) in [5.74, 6) is 0. The van der Waals surface area contributed by atoms with Gasteiger partial charge in [0.2, 0.25) is 0 Å². The molecule has 0 bridgehead atoms. The van der Waals surface area contributed by atoms with Crippen molar-refractivity contribution in [3.63, 3.8) is 0 Å². The van der Waals surface area contributed by atoms with Crippen LogP contribution in [0.4, 0.5) is 28.8 Å². The molecule has 69 heavy (non-hydrogen) atoms. The van der Waals surface area contributed by atoms with Crippen LogP contribution in [0, 0.1) is 5.41 Å². The van der Waals surface area contributed by atoms with Crippen molar-refractivity contribution in [2.45, 2.75) is 113 Å². The average Bonchev–Trinajstić information content (AvgIpc) is 3.37. The third-order valence-corrected chi connectivity index (χ3v) is 10.3. The maximum absolute atomic E-state index is 13.1. The number of benzene rings is 3. The molecule has 374 valence electrons. The molecular weight excluding hydrogens is 895 g/mol. The summed E-state index contributed by atoms with van der Waals surface area (Å²) in [6.07, 6.45) is -2.27. The lowest BCUT2D eigenvalue weighted by Gasteiger charge is -2.31. The number of carbonyl (C=O) groups excluding carboxylic acids is 6. The van der Waals surface area contributed by atoms with Gasteiger partial charge in [-0.25, -0.2) is 28.8 Å². The number of rotatable bonds is 25. The molecule has 6 N–H and O–H groups in total. The summed E-state index contributed by atoms with van der Waals surface area (Å²) in [5.41, 5.74) is 5.23. The highest BCUT2D eigenvalue weighted by Gasteiger charge is 2.34. The van der Waals surface area contributed by atoms with Crippen LogP contribution in [0.2, 0.25) is 0 Å². The van der Waals surface area contributed by atoms with Crippen molar-refractivity contribution in [3.05, 3.63) is 106 Å². The van der Waals surface area contributed by atoms with Crippen LogP contribution in [0.25, 0.3) is 0 Å². The Morgan fingerprint density at radius 3 is 0.855 bits per heavy atom. The Morgan fingerprint density at radius 1 is 0.406 bits per heavy atom. The monoisotopic (exact) mass is 959 g/mol. The Morgan fingerprint density at radius 2 is 0.638 bits per heavy atom. The molecule has 0 aliphatic heterocycles. The highest BCUT2D eigenvalue weighted by Crippen LogP contribution is 2.25. The lowest BCUT2D eigenvalue weighted by atomic mass is 9.88. The first kappa shape index (κ1) is 55.6. The van der Waals surface area contributed by atoms with E-state index in [0.717, 1.165) is 16.7 Å². The highest BCUT2D eigenvalue weighted by molar-refractivity contribution is 5.83. The van der Waals surface area contributed by atoms with Gasteiger partial charge in [0.05, 0.1) is 22.6 Å². The lowest BCUT2D eigenvalue weighted by Crippen LogP contribution is -2.42. The van der Waals surface area contributed by atoms with Gasteiger partial charge in [0, 0.05) is 39.3 Å². The van der Waals surface area contributed by atoms with Crippen molar-refractivity contribution in [3.8, 4) is 0 Å². The largest absolute Gasteiger partial charge is 0.449 e. The number of oxime groups is 3. The van der Waals surface area contributed by atoms with Gasteiger partial charge in [0.15, 0.2) is 0 Å². The summed E-state index contributed by atoms with van der Waals surface area (Å²) in [5, 5.41) is 27.2. The van der Waals surface area contributed by atoms with E-state index < -0.39 is 42.0 Å². The van der Waals surface area contributed by atoms with Crippen LogP contribution in [0.15, 0.2) is 88.3 Å². The topological polar surface area (TPSA) is 267 Å². The normalized spacial score (nSPS) is 11.6. The van der Waals surface area contributed by atoms with Crippen LogP contribution in [0.5, 0.6) is 0 Å². The third-order valence-electron chi connectivity index (χ3n) is 10.3. The maximum Gasteiger partial charge on any atom is 0.433 e. The molecule has 0 radical (unpaired) electrons. The number of amides is 6. The summed E-state index contributed by atoms with van der Waals surface area (Å²) in [7, 11) is 0. The van der Waals surface area contributed by atoms with Gasteiger partial charge in [-0.3, -0.25) is 14.5 Å². The summed E-state index contributed by atoms with van der Waals surface area (Å²) in [6, 6.07) is 21.5. The molecule has 0 spiro atoms. The second kappa shape index (κ2) is 30.6. The quantitative estimate of drug-likeness (QED) is 0.0203. The fourth-order valence-corrected chi connectivity index (χ4v) is 5.48. The predicted octanol–water partition coefficient (Wildman–Crippen LogP) is 8.20. The standard InChI is InChI=1S/C48H65N9O12/c1-8-33(5)55-67-45(61)52-27-39-18-12-15-36(21-39)24-49-42(58)64-30-48(11-4,31-65-43(59)50-25-37-16-13-19-40(22-37)28-53-46(62)68-56-34(6)9-2)32-66-44(60)51-26-38-17-14-20-41(23-38)29-54-47(63)69-57-35(7)10-3/h12-23H,8-11,24-32H2,1-7H3,(H,49,58)(H,50,59)(H,51,60)(H,52,61)(H,53,62)(H,54,63)/b55-33+,56-34+,57-35+. The SMILES string of the molecule is CC/C(C)=N/OC(=O)NCc1cccc(CNC(=O)OCC(CC)(COC(=O)NCc2cccc(CNC(=O)O/N=C(\C)CC)c2)COC(=O)NCc2cccc(CNC(=O)O/N=C(\C)CC)c2)c1. The minimum Gasteiger partial charge on any atom is -0.449 e. The van der Waals surface area contributed by atoms with Gasteiger partial charge in [-0.05, 0) is 79.8 Å². The average molecular weight is 960 g/mol. The maximum atomic E-state index is 13.1. The van der Waals surface area contributed by atoms with Crippen LogP contribution >= 0.6 is 0 Å². The van der Waals surface area contributed by atoms with Gasteiger partial charge in [0.25, 0.3) is 0 Å². The van der Waals surface area contributed by atoms with E-state index in [9.17, 15) is 28.8 Å². The number of hydrogen-bond acceptors (Lipinski definition) is 15. The molecule has 21 heteroatoms. The van der Waals surface area contributed by atoms with Crippen LogP contribution in [-0.4, -0.2) is 73.5 Å². The third kappa shape index (κ3) is 23.0. The fourth-order valence-electron chi connectivity index (χ4n) is 5.48. The fraction of sp³-hybridized carbons (Fsp3) is 0.438. The second-order valence-corrected chi connectivity index (χ2v) is 15.8. The van der Waals surface area contributed by atoms with Gasteiger partial charge >= 0.3 is 36.6 Å². The van der Waals surface area contributed by atoms with E-state index >= 15 is 0 Å². The van der Waals surface area contributed by atoms with E-state index in [4.69, 9.17) is 28.7 Å². The lowest BCUT2D eigenvalue weighted by molar-refractivity contribution is -0.0177. The van der Waals surface area contributed by atoms with Crippen molar-refractivity contribution in [2.24, 2.45) is 20.9 Å². The Kier molecular flexibility index (Phi) is 24.6. The van der Waals surface area contributed by atoms with Gasteiger partial charge in [0.1, 0.15) is 19.8 Å². The molecule has 0 saturated heterocycles. The van der Waals surface area contributed by atoms with Crippen molar-refractivity contribution in [2.75, 3.05) is 19.8 Å². The summed E-state index contributed by atoms with van der Waals surface area (Å²) in [4.78, 5) is 89.8. The molecule has 3 aromatic rings. The van der Waals surface area contributed by atoms with E-state index in [-0.39, 0.29) is 65.5 Å². The van der Waals surface area contributed by atoms with Crippen LogP contribution < -0.4 is 31.9 Å². The van der Waals surface area contributed by atoms with E-state index in [1.54, 1.807) is 100 Å². The zero-order chi connectivity index (χ0) is 50.4. The van der Waals surface area contributed by atoms with Gasteiger partial charge in [-0.2, -0.15) is 0 Å². The molecule has 3 aromatic carbocycles. The number of carbonyl (C=O) groups is 6. The molecule has 0 fully saturated rings. The van der Waals surface area contributed by atoms with Crippen molar-refractivity contribution in [1.29, 1.82) is 0 Å². The first-order valence-electron chi connectivity index (χ1n) is 22.5. The molecule has 0 aromatic heterocycles. The van der Waals surface area contributed by atoms with Crippen molar-refractivity contribution < 1.29 is 57.5 Å². The van der Waals surface area contributed by atoms with E-state index in [2.05, 4.69) is 47.4 Å². The molecule has 21 nitrogen and oxygen atoms in total. The molecule has 0 unspecified atom stereocenters. The molecule has 0 aliphatic carbocycles. The molecule has 0 heterocycles. The molecule has 3 rings (SSSR count). The van der Waals surface area contributed by atoms with Crippen LogP contribution in [0.1, 0.15) is 108 Å². The molecule has 0 atom stereocenters. The van der Waals surface area contributed by atoms with E-state index in [1.165, 1.54) is 0 Å². The number of ether oxygens (including phenoxy) is 3. The number of alkyl carbamates (subject to hydrolysis) is 3. The summed E-state index contributed by atoms with van der Waals surface area (Å²) >= 11 is 0. The van der Waals surface area contributed by atoms with E-state index in [0.29, 0.717) is 53.1 Å². The van der Waals surface area contributed by atoms with Crippen molar-refractivity contribution >= 4 is 53.7 Å². The zero-order valence-electron chi connectivity index (χ0n) is 40.4. The molecule has 6 amide bonds. The van der Waals surface area contributed by atoms with E-state index in [1.807, 2.05) is 20.8 Å². The highest BCUT2D eigenvalue weighted by atomic mass is 16.7. The summed E-state index contributed by atoms with van der Waals surface area (Å²) < 4.78 is 16.9. The smallest absolute Gasteiger partial charge is 0.433 e. The first-order chi connectivity index (χ1) is 33.1. The Hall–Kier alpha value is -7.71. The molecule has 0 saturated carbocycles. The Bertz CT molecular complexity index is 2020. The van der Waals surface area contributed by atoms with Crippen LogP contribution in [-0.2, 0) is 68.0 Å². The first-order valence-corrected chi connectivity index (χ1v) is 22.5. The van der Waals surface area contributed by atoms with Crippen molar-refractivity contribution in [1.82, 2.24) is 31.9 Å². The van der Waals surface area contributed by atoms with Gasteiger partial charge in [-0.15, -0.1) is 0 Å². The number of nitrogens with zero attached hydrogens (tertiary/aromatic N) is 3.